The van der Waals surface area contributed by atoms with Crippen LogP contribution in [0.4, 0.5) is 10.1 Å². The number of likely N-dealkylation sites (tertiary alicyclic amines) is 1. The van der Waals surface area contributed by atoms with Crippen LogP contribution in [0.3, 0.4) is 0 Å². The lowest BCUT2D eigenvalue weighted by molar-refractivity contribution is -0.136. The second kappa shape index (κ2) is 7.44. The average molecular weight is 353 g/mol. The van der Waals surface area contributed by atoms with E-state index in [1.807, 2.05) is 17.0 Å². The molecule has 1 N–H and O–H groups in total. The van der Waals surface area contributed by atoms with Gasteiger partial charge in [0.2, 0.25) is 5.91 Å². The fourth-order valence-corrected chi connectivity index (χ4v) is 4.11. The number of aromatic nitrogens is 1. The summed E-state index contributed by atoms with van der Waals surface area (Å²) in [5.74, 6) is 0.334. The van der Waals surface area contributed by atoms with E-state index < -0.39 is 0 Å². The largest absolute Gasteiger partial charge is 0.385 e. The van der Waals surface area contributed by atoms with Gasteiger partial charge < -0.3 is 10.2 Å². The molecule has 136 valence electrons. The highest BCUT2D eigenvalue weighted by Crippen LogP contribution is 2.30. The Labute approximate surface area is 153 Å². The van der Waals surface area contributed by atoms with Crippen molar-refractivity contribution in [2.75, 3.05) is 25.0 Å². The Balaban J connectivity index is 1.38. The summed E-state index contributed by atoms with van der Waals surface area (Å²) < 4.78 is 13.0. The molecule has 1 aromatic carbocycles. The number of carbonyl (C=O) groups is 1. The van der Waals surface area contributed by atoms with Crippen LogP contribution in [0.15, 0.2) is 42.6 Å². The van der Waals surface area contributed by atoms with Crippen LogP contribution >= 0.6 is 0 Å². The number of halogens is 1. The molecular weight excluding hydrogens is 329 g/mol. The third-order valence-electron chi connectivity index (χ3n) is 5.62. The smallest absolute Gasteiger partial charge is 0.226 e. The van der Waals surface area contributed by atoms with Crippen molar-refractivity contribution in [2.24, 2.45) is 5.92 Å². The molecule has 0 saturated carbocycles. The summed E-state index contributed by atoms with van der Waals surface area (Å²) in [6.45, 7) is 2.35. The maximum Gasteiger partial charge on any atom is 0.226 e. The van der Waals surface area contributed by atoms with E-state index in [1.54, 1.807) is 6.07 Å². The first kappa shape index (κ1) is 17.0. The number of piperidine rings is 1. The predicted octanol–water partition coefficient (Wildman–Crippen LogP) is 3.60. The molecule has 2 aliphatic rings. The van der Waals surface area contributed by atoms with E-state index in [4.69, 9.17) is 0 Å². The van der Waals surface area contributed by atoms with Gasteiger partial charge in [0.05, 0.1) is 6.20 Å². The van der Waals surface area contributed by atoms with Crippen LogP contribution in [-0.4, -0.2) is 35.4 Å². The van der Waals surface area contributed by atoms with Crippen molar-refractivity contribution in [2.45, 2.75) is 31.6 Å². The van der Waals surface area contributed by atoms with Gasteiger partial charge in [-0.15, -0.1) is 0 Å². The molecule has 2 aliphatic heterocycles. The maximum absolute atomic E-state index is 13.0. The molecular formula is C21H24FN3O. The Kier molecular flexibility index (Phi) is 4.87. The number of benzene rings is 1. The van der Waals surface area contributed by atoms with Crippen LogP contribution in [0.25, 0.3) is 0 Å². The van der Waals surface area contributed by atoms with Gasteiger partial charge in [0.25, 0.3) is 0 Å². The lowest BCUT2D eigenvalue weighted by Gasteiger charge is -2.34. The van der Waals surface area contributed by atoms with Gasteiger partial charge in [0, 0.05) is 42.9 Å². The topological polar surface area (TPSA) is 45.2 Å². The summed E-state index contributed by atoms with van der Waals surface area (Å²) in [5.41, 5.74) is 3.32. The highest BCUT2D eigenvalue weighted by Gasteiger charge is 2.30. The van der Waals surface area contributed by atoms with Gasteiger partial charge in [0.1, 0.15) is 5.82 Å². The maximum atomic E-state index is 13.0. The van der Waals surface area contributed by atoms with E-state index in [-0.39, 0.29) is 17.6 Å². The van der Waals surface area contributed by atoms with Crippen LogP contribution in [0.2, 0.25) is 0 Å². The Morgan fingerprint density at radius 2 is 1.92 bits per heavy atom. The van der Waals surface area contributed by atoms with Crippen LogP contribution in [0.1, 0.15) is 36.4 Å². The Morgan fingerprint density at radius 3 is 2.69 bits per heavy atom. The van der Waals surface area contributed by atoms with Crippen molar-refractivity contribution in [3.8, 4) is 0 Å². The highest BCUT2D eigenvalue weighted by atomic mass is 19.1. The number of hydrogen-bond acceptors (Lipinski definition) is 3. The molecule has 5 heteroatoms. The van der Waals surface area contributed by atoms with Crippen molar-refractivity contribution in [3.63, 3.8) is 0 Å². The molecule has 2 aromatic rings. The molecule has 0 radical (unpaired) electrons. The monoisotopic (exact) mass is 353 g/mol. The van der Waals surface area contributed by atoms with Crippen molar-refractivity contribution < 1.29 is 9.18 Å². The van der Waals surface area contributed by atoms with Crippen molar-refractivity contribution in [1.29, 1.82) is 0 Å². The Hall–Kier alpha value is -2.43. The van der Waals surface area contributed by atoms with Gasteiger partial charge in [-0.25, -0.2) is 4.39 Å². The minimum atomic E-state index is -0.302. The van der Waals surface area contributed by atoms with E-state index in [0.29, 0.717) is 5.92 Å². The Morgan fingerprint density at radius 1 is 1.12 bits per heavy atom. The van der Waals surface area contributed by atoms with Gasteiger partial charge >= 0.3 is 0 Å². The van der Waals surface area contributed by atoms with Gasteiger partial charge in [-0.1, -0.05) is 18.2 Å². The fraction of sp³-hybridized carbons (Fsp3) is 0.429. The number of nitrogens with one attached hydrogen (secondary N) is 1. The van der Waals surface area contributed by atoms with Crippen LogP contribution in [0, 0.1) is 11.7 Å². The van der Waals surface area contributed by atoms with Gasteiger partial charge in [-0.3, -0.25) is 9.78 Å². The summed E-state index contributed by atoms with van der Waals surface area (Å²) in [4.78, 5) is 19.3. The molecule has 1 saturated heterocycles. The Bertz CT molecular complexity index is 769. The first-order chi connectivity index (χ1) is 12.7. The molecule has 1 unspecified atom stereocenters. The van der Waals surface area contributed by atoms with E-state index in [0.717, 1.165) is 56.7 Å². The van der Waals surface area contributed by atoms with Crippen LogP contribution in [0.5, 0.6) is 0 Å². The second-order valence-electron chi connectivity index (χ2n) is 7.27. The number of pyridine rings is 1. The van der Waals surface area contributed by atoms with E-state index in [9.17, 15) is 9.18 Å². The molecule has 4 nitrogen and oxygen atoms in total. The van der Waals surface area contributed by atoms with Gasteiger partial charge in [-0.2, -0.15) is 0 Å². The summed E-state index contributed by atoms with van der Waals surface area (Å²) in [5, 5.41) is 3.44. The number of anilines is 1. The number of carbonyl (C=O) groups excluding carboxylic acids is 1. The second-order valence-corrected chi connectivity index (χ2v) is 7.27. The van der Waals surface area contributed by atoms with Crippen molar-refractivity contribution >= 4 is 11.6 Å². The predicted molar refractivity (Wildman–Crippen MR) is 99.5 cm³/mol. The van der Waals surface area contributed by atoms with Crippen LogP contribution in [-0.2, 0) is 11.2 Å². The summed E-state index contributed by atoms with van der Waals surface area (Å²) in [7, 11) is 0. The van der Waals surface area contributed by atoms with Crippen LogP contribution < -0.4 is 5.32 Å². The third kappa shape index (κ3) is 3.57. The molecule has 3 heterocycles. The van der Waals surface area contributed by atoms with Gasteiger partial charge in [0.15, 0.2) is 0 Å². The van der Waals surface area contributed by atoms with E-state index >= 15 is 0 Å². The number of para-hydroxylation sites is 1. The molecule has 4 rings (SSSR count). The molecule has 0 aliphatic carbocycles. The zero-order chi connectivity index (χ0) is 17.9. The first-order valence-electron chi connectivity index (χ1n) is 9.43. The molecule has 1 amide bonds. The minimum Gasteiger partial charge on any atom is -0.385 e. The molecule has 1 fully saturated rings. The normalized spacial score (nSPS) is 20.8. The number of amides is 1. The minimum absolute atomic E-state index is 0.0478. The SMILES string of the molecule is O=C(C1CCNc2ccccc2C1)N1CCC(c2ccc(F)cn2)CC1. The van der Waals surface area contributed by atoms with Crippen molar-refractivity contribution in [1.82, 2.24) is 9.88 Å². The van der Waals surface area contributed by atoms with E-state index in [1.165, 1.54) is 17.8 Å². The van der Waals surface area contributed by atoms with E-state index in [2.05, 4.69) is 22.4 Å². The zero-order valence-electron chi connectivity index (χ0n) is 14.8. The molecule has 0 spiro atoms. The number of fused-ring (bicyclic) bond motifs is 1. The number of nitrogens with zero attached hydrogens (tertiary/aromatic N) is 2. The van der Waals surface area contributed by atoms with Crippen molar-refractivity contribution in [3.05, 3.63) is 59.7 Å². The standard InChI is InChI=1S/C21H24FN3O/c22-18-5-6-20(24-14-18)15-8-11-25(12-9-15)21(26)17-7-10-23-19-4-2-1-3-16(19)13-17/h1-6,14-15,17,23H,7-13H2. The summed E-state index contributed by atoms with van der Waals surface area (Å²) >= 11 is 0. The quantitative estimate of drug-likeness (QED) is 0.897. The average Bonchev–Trinajstić information content (AvgIpc) is 2.91. The highest BCUT2D eigenvalue weighted by molar-refractivity contribution is 5.80. The lowest BCUT2D eigenvalue weighted by Crippen LogP contribution is -2.42. The number of hydrogen-bond donors (Lipinski definition) is 1. The fourth-order valence-electron chi connectivity index (χ4n) is 4.11. The third-order valence-corrected chi connectivity index (χ3v) is 5.62. The molecule has 1 aromatic heterocycles. The first-order valence-corrected chi connectivity index (χ1v) is 9.43. The van der Waals surface area contributed by atoms with Gasteiger partial charge in [-0.05, 0) is 49.4 Å². The lowest BCUT2D eigenvalue weighted by atomic mass is 9.90. The molecule has 1 atom stereocenters. The summed E-state index contributed by atoms with van der Waals surface area (Å²) in [6.07, 6.45) is 4.75. The number of rotatable bonds is 2. The zero-order valence-corrected chi connectivity index (χ0v) is 14.8. The molecule has 26 heavy (non-hydrogen) atoms. The summed E-state index contributed by atoms with van der Waals surface area (Å²) in [6, 6.07) is 11.5. The molecule has 0 bridgehead atoms.